The molecule has 0 heterocycles. The van der Waals surface area contributed by atoms with Gasteiger partial charge in [0.05, 0.1) is 0 Å². The van der Waals surface area contributed by atoms with E-state index in [0.717, 1.165) is 0 Å². The van der Waals surface area contributed by atoms with Crippen molar-refractivity contribution < 1.29 is 34.5 Å². The van der Waals surface area contributed by atoms with Gasteiger partial charge in [0.15, 0.2) is 0 Å². The van der Waals surface area contributed by atoms with Crippen molar-refractivity contribution in [2.75, 3.05) is 0 Å². The Bertz CT molecular complexity index is 29.9. The summed E-state index contributed by atoms with van der Waals surface area (Å²) in [6.45, 7) is 0. The van der Waals surface area contributed by atoms with Crippen molar-refractivity contribution >= 4 is 9.17 Å². The van der Waals surface area contributed by atoms with Crippen LogP contribution in [-0.4, -0.2) is 9.17 Å². The molecule has 0 saturated carbocycles. The maximum absolute atomic E-state index is 8.52. The standard InChI is InChI=1S/O3Si.Pd/c1-4(2)3;/q-2;+2. The summed E-state index contributed by atoms with van der Waals surface area (Å²) in [5, 5.41) is 0. The summed E-state index contributed by atoms with van der Waals surface area (Å²) < 4.78 is 8.52. The van der Waals surface area contributed by atoms with E-state index in [4.69, 9.17) is 14.1 Å². The van der Waals surface area contributed by atoms with E-state index in [1.165, 1.54) is 0 Å². The van der Waals surface area contributed by atoms with Crippen LogP contribution in [0.4, 0.5) is 0 Å². The third kappa shape index (κ3) is 285. The van der Waals surface area contributed by atoms with Crippen LogP contribution in [0.15, 0.2) is 0 Å². The summed E-state index contributed by atoms with van der Waals surface area (Å²) in [5.41, 5.74) is 0. The molecule has 0 saturated heterocycles. The molecule has 32 valence electrons. The zero-order valence-electron chi connectivity index (χ0n) is 2.04. The van der Waals surface area contributed by atoms with E-state index < -0.39 is 9.17 Å². The Morgan fingerprint density at radius 3 is 1.40 bits per heavy atom. The molecule has 0 fully saturated rings. The molecule has 3 nitrogen and oxygen atoms in total. The van der Waals surface area contributed by atoms with Gasteiger partial charge in [-0.2, -0.15) is 0 Å². The van der Waals surface area contributed by atoms with E-state index in [9.17, 15) is 0 Å². The third-order valence-corrected chi connectivity index (χ3v) is 0. The van der Waals surface area contributed by atoms with Crippen molar-refractivity contribution in [1.82, 2.24) is 0 Å². The molecular formula is O3PdSi. The molecule has 0 unspecified atom stereocenters. The minimum Gasteiger partial charge on any atom is -0.672 e. The van der Waals surface area contributed by atoms with Crippen LogP contribution in [0.25, 0.3) is 0 Å². The van der Waals surface area contributed by atoms with Gasteiger partial charge in [-0.25, -0.2) is 0 Å². The fraction of sp³-hybridized carbons (Fsp3) is 0. The summed E-state index contributed by atoms with van der Waals surface area (Å²) in [6.07, 6.45) is 0. The summed E-state index contributed by atoms with van der Waals surface area (Å²) >= 11 is 0. The van der Waals surface area contributed by atoms with Gasteiger partial charge in [0.1, 0.15) is 0 Å². The van der Waals surface area contributed by atoms with Crippen LogP contribution in [0.1, 0.15) is 0 Å². The van der Waals surface area contributed by atoms with Gasteiger partial charge in [-0.3, -0.25) is 0 Å². The minimum atomic E-state index is -3.63. The van der Waals surface area contributed by atoms with Crippen LogP contribution in [0.3, 0.4) is 0 Å². The summed E-state index contributed by atoms with van der Waals surface area (Å²) in [4.78, 5) is 17.0. The predicted molar refractivity (Wildman–Crippen MR) is 6.44 cm³/mol. The molecule has 0 aromatic carbocycles. The van der Waals surface area contributed by atoms with Crippen LogP contribution >= 0.6 is 0 Å². The van der Waals surface area contributed by atoms with Crippen molar-refractivity contribution in [2.45, 2.75) is 0 Å². The van der Waals surface area contributed by atoms with E-state index in [1.54, 1.807) is 0 Å². The quantitative estimate of drug-likeness (QED) is 0.378. The maximum Gasteiger partial charge on any atom is 2.00 e. The van der Waals surface area contributed by atoms with Crippen LogP contribution in [0.2, 0.25) is 0 Å². The minimum absolute atomic E-state index is 0. The Balaban J connectivity index is 0. The smallest absolute Gasteiger partial charge is 0.672 e. The van der Waals surface area contributed by atoms with Gasteiger partial charge in [0, 0.05) is 9.17 Å². The van der Waals surface area contributed by atoms with Gasteiger partial charge in [0.2, 0.25) is 0 Å². The first kappa shape index (κ1) is 8.99. The first-order valence-electron chi connectivity index (χ1n) is 0.612. The molecule has 0 aromatic heterocycles. The number of hydrogen-bond acceptors (Lipinski definition) is 3. The molecule has 0 aliphatic heterocycles. The second-order valence-corrected chi connectivity index (χ2v) is 0.750. The van der Waals surface area contributed by atoms with Crippen molar-refractivity contribution in [3.8, 4) is 0 Å². The molecular weight excluding hydrogens is 183 g/mol. The second-order valence-electron chi connectivity index (χ2n) is 0.250. The fourth-order valence-corrected chi connectivity index (χ4v) is 0. The molecule has 5 heavy (non-hydrogen) atoms. The van der Waals surface area contributed by atoms with E-state index in [-0.39, 0.29) is 20.4 Å². The Morgan fingerprint density at radius 2 is 1.40 bits per heavy atom. The molecule has 0 radical (unpaired) electrons. The molecule has 0 rings (SSSR count). The molecule has 5 heteroatoms. The van der Waals surface area contributed by atoms with Gasteiger partial charge in [-0.1, -0.05) is 0 Å². The zero-order valence-corrected chi connectivity index (χ0v) is 4.60. The Hall–Kier alpha value is 0.279. The van der Waals surface area contributed by atoms with Gasteiger partial charge in [0.25, 0.3) is 0 Å². The van der Waals surface area contributed by atoms with Crippen LogP contribution in [0.5, 0.6) is 0 Å². The van der Waals surface area contributed by atoms with E-state index >= 15 is 0 Å². The van der Waals surface area contributed by atoms with E-state index in [0.29, 0.717) is 0 Å². The van der Waals surface area contributed by atoms with Crippen LogP contribution in [0, 0.1) is 0 Å². The topological polar surface area (TPSA) is 63.2 Å². The van der Waals surface area contributed by atoms with Crippen molar-refractivity contribution in [3.05, 3.63) is 0 Å². The van der Waals surface area contributed by atoms with Gasteiger partial charge < -0.3 is 14.1 Å². The monoisotopic (exact) mass is 182 g/mol. The van der Waals surface area contributed by atoms with Crippen molar-refractivity contribution in [2.24, 2.45) is 0 Å². The second kappa shape index (κ2) is 4.28. The molecule has 0 aliphatic rings. The Labute approximate surface area is 44.2 Å². The van der Waals surface area contributed by atoms with Gasteiger partial charge in [-0.05, 0) is 0 Å². The molecule has 0 aliphatic carbocycles. The Morgan fingerprint density at radius 1 is 1.40 bits per heavy atom. The SMILES string of the molecule is O=[Si]([O-])[O-].[Pd+2]. The predicted octanol–water partition coefficient (Wildman–Crippen LogP) is -2.88. The maximum atomic E-state index is 8.52. The van der Waals surface area contributed by atoms with Crippen molar-refractivity contribution in [3.63, 3.8) is 0 Å². The van der Waals surface area contributed by atoms with Gasteiger partial charge >= 0.3 is 20.4 Å². The molecule has 0 N–H and O–H groups in total. The molecule has 0 aromatic rings. The number of hydrogen-bond donors (Lipinski definition) is 0. The van der Waals surface area contributed by atoms with Crippen LogP contribution in [-0.2, 0) is 24.9 Å². The van der Waals surface area contributed by atoms with E-state index in [2.05, 4.69) is 0 Å². The Kier molecular flexibility index (Phi) is 7.69. The molecule has 0 amide bonds. The first-order valence-corrected chi connectivity index (χ1v) is 1.84. The van der Waals surface area contributed by atoms with Crippen molar-refractivity contribution in [1.29, 1.82) is 0 Å². The molecule has 0 atom stereocenters. The largest absolute Gasteiger partial charge is 2.00 e. The number of rotatable bonds is 0. The summed E-state index contributed by atoms with van der Waals surface area (Å²) in [7, 11) is -3.63. The fourth-order valence-electron chi connectivity index (χ4n) is 0. The van der Waals surface area contributed by atoms with E-state index in [1.807, 2.05) is 0 Å². The average Bonchev–Trinajstić information content (AvgIpc) is 0.811. The van der Waals surface area contributed by atoms with Crippen LogP contribution < -0.4 is 9.59 Å². The molecule has 0 bridgehead atoms. The normalized spacial score (nSPS) is 4.80. The zero-order chi connectivity index (χ0) is 3.58. The third-order valence-electron chi connectivity index (χ3n) is 0. The van der Waals surface area contributed by atoms with Gasteiger partial charge in [-0.15, -0.1) is 0 Å². The summed E-state index contributed by atoms with van der Waals surface area (Å²) in [6, 6.07) is 0. The first-order chi connectivity index (χ1) is 1.73. The molecule has 0 spiro atoms. The average molecular weight is 183 g/mol. The summed E-state index contributed by atoms with van der Waals surface area (Å²) in [5.74, 6) is 0.